The number of benzene rings is 1. The minimum atomic E-state index is -4.47. The molecule has 0 aliphatic rings. The van der Waals surface area contributed by atoms with Gasteiger partial charge in [-0.05, 0) is 47.5 Å². The minimum Gasteiger partial charge on any atom is -0.385 e. The van der Waals surface area contributed by atoms with Crippen molar-refractivity contribution in [3.63, 3.8) is 0 Å². The molecule has 0 aromatic heterocycles. The van der Waals surface area contributed by atoms with Gasteiger partial charge in [-0.25, -0.2) is 0 Å². The number of carbonyl (C=O) groups excluding carboxylic acids is 1. The standard InChI is InChI=1S/C13H15BrF3NO2/c1-8(5-6-20-2)18-12(19)10-7-9(13(15,16)17)3-4-11(10)14/h3-4,7-8H,5-6H2,1-2H3,(H,18,19). The summed E-state index contributed by atoms with van der Waals surface area (Å²) in [4.78, 5) is 12.0. The topological polar surface area (TPSA) is 38.3 Å². The summed E-state index contributed by atoms with van der Waals surface area (Å²) >= 11 is 3.09. The van der Waals surface area contributed by atoms with Crippen molar-refractivity contribution in [1.29, 1.82) is 0 Å². The highest BCUT2D eigenvalue weighted by Gasteiger charge is 2.31. The van der Waals surface area contributed by atoms with Crippen molar-refractivity contribution in [2.24, 2.45) is 0 Å². The van der Waals surface area contributed by atoms with Gasteiger partial charge in [-0.3, -0.25) is 4.79 Å². The third-order valence-corrected chi connectivity index (χ3v) is 3.36. The van der Waals surface area contributed by atoms with Gasteiger partial charge < -0.3 is 10.1 Å². The van der Waals surface area contributed by atoms with Gasteiger partial charge in [0.2, 0.25) is 0 Å². The molecule has 0 spiro atoms. The lowest BCUT2D eigenvalue weighted by Gasteiger charge is -2.15. The number of ether oxygens (including phenoxy) is 1. The Balaban J connectivity index is 2.87. The van der Waals surface area contributed by atoms with Crippen molar-refractivity contribution < 1.29 is 22.7 Å². The first-order valence-electron chi connectivity index (χ1n) is 5.92. The van der Waals surface area contributed by atoms with Gasteiger partial charge in [0.15, 0.2) is 0 Å². The van der Waals surface area contributed by atoms with Crippen LogP contribution in [0.2, 0.25) is 0 Å². The molecule has 0 aliphatic carbocycles. The average molecular weight is 354 g/mol. The molecular formula is C13H15BrF3NO2. The first kappa shape index (κ1) is 17.0. The van der Waals surface area contributed by atoms with Gasteiger partial charge in [0, 0.05) is 24.2 Å². The summed E-state index contributed by atoms with van der Waals surface area (Å²) in [6, 6.07) is 2.79. The van der Waals surface area contributed by atoms with Crippen molar-refractivity contribution in [2.75, 3.05) is 13.7 Å². The fraction of sp³-hybridized carbons (Fsp3) is 0.462. The SMILES string of the molecule is COCCC(C)NC(=O)c1cc(C(F)(F)F)ccc1Br. The number of rotatable bonds is 5. The molecule has 1 N–H and O–H groups in total. The summed E-state index contributed by atoms with van der Waals surface area (Å²) in [6.07, 6.45) is -3.89. The smallest absolute Gasteiger partial charge is 0.385 e. The molecule has 112 valence electrons. The van der Waals surface area contributed by atoms with E-state index < -0.39 is 17.6 Å². The molecule has 3 nitrogen and oxygen atoms in total. The quantitative estimate of drug-likeness (QED) is 0.877. The second kappa shape index (κ2) is 7.08. The normalized spacial score (nSPS) is 13.1. The van der Waals surface area contributed by atoms with Crippen LogP contribution in [-0.2, 0) is 10.9 Å². The van der Waals surface area contributed by atoms with Gasteiger partial charge in [-0.2, -0.15) is 13.2 Å². The van der Waals surface area contributed by atoms with E-state index in [2.05, 4.69) is 21.2 Å². The van der Waals surface area contributed by atoms with E-state index in [4.69, 9.17) is 4.74 Å². The van der Waals surface area contributed by atoms with Crippen LogP contribution in [0, 0.1) is 0 Å². The molecule has 1 aromatic carbocycles. The largest absolute Gasteiger partial charge is 0.416 e. The number of carbonyl (C=O) groups is 1. The van der Waals surface area contributed by atoms with Crippen molar-refractivity contribution in [3.05, 3.63) is 33.8 Å². The van der Waals surface area contributed by atoms with E-state index in [-0.39, 0.29) is 11.6 Å². The van der Waals surface area contributed by atoms with E-state index in [0.717, 1.165) is 12.1 Å². The third-order valence-electron chi connectivity index (χ3n) is 2.67. The average Bonchev–Trinajstić information content (AvgIpc) is 2.35. The number of halogens is 4. The second-order valence-corrected chi connectivity index (χ2v) is 5.20. The fourth-order valence-electron chi connectivity index (χ4n) is 1.54. The van der Waals surface area contributed by atoms with Gasteiger partial charge >= 0.3 is 6.18 Å². The van der Waals surface area contributed by atoms with E-state index in [1.807, 2.05) is 0 Å². The monoisotopic (exact) mass is 353 g/mol. The molecule has 7 heteroatoms. The molecule has 0 radical (unpaired) electrons. The van der Waals surface area contributed by atoms with Gasteiger partial charge in [0.1, 0.15) is 0 Å². The Morgan fingerprint density at radius 3 is 2.65 bits per heavy atom. The van der Waals surface area contributed by atoms with E-state index >= 15 is 0 Å². The Labute approximate surface area is 123 Å². The Morgan fingerprint density at radius 2 is 2.10 bits per heavy atom. The highest BCUT2D eigenvalue weighted by Crippen LogP contribution is 2.31. The van der Waals surface area contributed by atoms with Crippen LogP contribution in [0.1, 0.15) is 29.3 Å². The molecule has 0 heterocycles. The van der Waals surface area contributed by atoms with E-state index in [0.29, 0.717) is 17.5 Å². The van der Waals surface area contributed by atoms with Gasteiger partial charge in [-0.15, -0.1) is 0 Å². The molecule has 1 amide bonds. The highest BCUT2D eigenvalue weighted by molar-refractivity contribution is 9.10. The van der Waals surface area contributed by atoms with Crippen molar-refractivity contribution >= 4 is 21.8 Å². The zero-order valence-corrected chi connectivity index (χ0v) is 12.6. The number of methoxy groups -OCH3 is 1. The maximum absolute atomic E-state index is 12.6. The molecule has 0 saturated heterocycles. The summed E-state index contributed by atoms with van der Waals surface area (Å²) in [5, 5.41) is 2.63. The summed E-state index contributed by atoms with van der Waals surface area (Å²) in [6.45, 7) is 2.23. The number of alkyl halides is 3. The minimum absolute atomic E-state index is 0.0379. The van der Waals surface area contributed by atoms with E-state index in [1.54, 1.807) is 6.92 Å². The molecule has 20 heavy (non-hydrogen) atoms. The third kappa shape index (κ3) is 4.79. The lowest BCUT2D eigenvalue weighted by atomic mass is 10.1. The van der Waals surface area contributed by atoms with Gasteiger partial charge in [0.25, 0.3) is 5.91 Å². The lowest BCUT2D eigenvalue weighted by Crippen LogP contribution is -2.33. The van der Waals surface area contributed by atoms with Crippen molar-refractivity contribution in [1.82, 2.24) is 5.32 Å². The maximum atomic E-state index is 12.6. The Morgan fingerprint density at radius 1 is 1.45 bits per heavy atom. The first-order chi connectivity index (χ1) is 9.25. The van der Waals surface area contributed by atoms with Crippen LogP contribution >= 0.6 is 15.9 Å². The molecule has 1 rings (SSSR count). The summed E-state index contributed by atoms with van der Waals surface area (Å²) in [7, 11) is 1.54. The zero-order valence-electron chi connectivity index (χ0n) is 11.1. The highest BCUT2D eigenvalue weighted by atomic mass is 79.9. The molecule has 1 unspecified atom stereocenters. The van der Waals surface area contributed by atoms with Gasteiger partial charge in [0.05, 0.1) is 11.1 Å². The lowest BCUT2D eigenvalue weighted by molar-refractivity contribution is -0.137. The Bertz CT molecular complexity index is 477. The summed E-state index contributed by atoms with van der Waals surface area (Å²) in [5.41, 5.74) is -0.889. The van der Waals surface area contributed by atoms with Crippen LogP contribution < -0.4 is 5.32 Å². The number of hydrogen-bond donors (Lipinski definition) is 1. The van der Waals surface area contributed by atoms with Crippen LogP contribution in [0.4, 0.5) is 13.2 Å². The molecule has 1 aromatic rings. The van der Waals surface area contributed by atoms with Crippen LogP contribution in [0.15, 0.2) is 22.7 Å². The zero-order chi connectivity index (χ0) is 15.3. The molecule has 0 saturated carbocycles. The predicted molar refractivity (Wildman–Crippen MR) is 72.6 cm³/mol. The van der Waals surface area contributed by atoms with E-state index in [1.165, 1.54) is 13.2 Å². The van der Waals surface area contributed by atoms with E-state index in [9.17, 15) is 18.0 Å². The Kier molecular flexibility index (Phi) is 6.01. The molecule has 0 bridgehead atoms. The van der Waals surface area contributed by atoms with Crippen molar-refractivity contribution in [3.8, 4) is 0 Å². The van der Waals surface area contributed by atoms with Crippen LogP contribution in [-0.4, -0.2) is 25.7 Å². The number of hydrogen-bond acceptors (Lipinski definition) is 2. The second-order valence-electron chi connectivity index (χ2n) is 4.35. The molecule has 0 aliphatic heterocycles. The van der Waals surface area contributed by atoms with Crippen LogP contribution in [0.25, 0.3) is 0 Å². The molecular weight excluding hydrogens is 339 g/mol. The summed E-state index contributed by atoms with van der Waals surface area (Å²) < 4.78 is 43.1. The predicted octanol–water partition coefficient (Wildman–Crippen LogP) is 3.62. The summed E-state index contributed by atoms with van der Waals surface area (Å²) in [5.74, 6) is -0.549. The molecule has 1 atom stereocenters. The van der Waals surface area contributed by atoms with Gasteiger partial charge in [-0.1, -0.05) is 0 Å². The first-order valence-corrected chi connectivity index (χ1v) is 6.71. The Hall–Kier alpha value is -1.08. The molecule has 0 fully saturated rings. The maximum Gasteiger partial charge on any atom is 0.416 e. The van der Waals surface area contributed by atoms with Crippen LogP contribution in [0.3, 0.4) is 0 Å². The number of nitrogens with one attached hydrogen (secondary N) is 1. The van der Waals surface area contributed by atoms with Crippen LogP contribution in [0.5, 0.6) is 0 Å². The number of amides is 1. The fourth-order valence-corrected chi connectivity index (χ4v) is 1.97. The van der Waals surface area contributed by atoms with Crippen molar-refractivity contribution in [2.45, 2.75) is 25.6 Å².